The number of aliphatic hydroxyl groups is 5. The number of ketones is 1. The Balaban J connectivity index is -0.0000000256. The standard InChI is InChI=1S/C5H9F3O2.C5H5F3O2.C2F3O.C2H6O2.C2H3O.3CH4.4Ag.O/c2*1-3(9)2-4(10)5(6,7)8;3-2(4,5)1-6;1-2(3)4;1-2-3;;;;;;;;/h3-4,9-10H,2H2,1H3;2,10H,1H3;;2-4H,1H3;1H3;3*1H4;;;;;/q;;-1;;-1;;;;;;;+1;/b;4-2-;;;;;;;;;;;. The van der Waals surface area contributed by atoms with Gasteiger partial charge in [-0.3, -0.25) is 11.1 Å². The fourth-order valence-electron chi connectivity index (χ4n) is 0.731. The van der Waals surface area contributed by atoms with Crippen molar-refractivity contribution in [1.29, 1.82) is 0 Å². The molecule has 0 aliphatic heterocycles. The summed E-state index contributed by atoms with van der Waals surface area (Å²) in [4.78, 5) is 27.2. The van der Waals surface area contributed by atoms with Crippen LogP contribution in [0, 0.1) is 0 Å². The quantitative estimate of drug-likeness (QED) is 0.0698. The van der Waals surface area contributed by atoms with E-state index in [0.29, 0.717) is 0 Å². The number of halogens is 9. The first-order valence-electron chi connectivity index (χ1n) is 8.03. The van der Waals surface area contributed by atoms with Crippen LogP contribution in [0.3, 0.4) is 0 Å². The van der Waals surface area contributed by atoms with Crippen LogP contribution in [0.25, 0.3) is 0 Å². The van der Waals surface area contributed by atoms with E-state index in [9.17, 15) is 44.3 Å². The molecule has 0 aromatic heterocycles. The van der Waals surface area contributed by atoms with Crippen LogP contribution in [0.5, 0.6) is 0 Å². The first kappa shape index (κ1) is 78.2. The second kappa shape index (κ2) is 45.0. The Morgan fingerprint density at radius 1 is 0.854 bits per heavy atom. The van der Waals surface area contributed by atoms with Crippen molar-refractivity contribution < 1.29 is 171 Å². The van der Waals surface area contributed by atoms with Gasteiger partial charge < -0.3 is 35.1 Å². The molecule has 41 heavy (non-hydrogen) atoms. The molecule has 5 N–H and O–H groups in total. The number of carbonyl (C=O) groups is 1. The second-order valence-electron chi connectivity index (χ2n) is 5.22. The summed E-state index contributed by atoms with van der Waals surface area (Å²) in [6.45, 7) is 4.71. The Hall–Kier alpha value is 0.521. The van der Waals surface area contributed by atoms with Crippen molar-refractivity contribution in [3.05, 3.63) is 11.8 Å². The molecule has 0 rings (SSSR count). The number of aliphatic hydroxyl groups excluding tert-OH is 4. The van der Waals surface area contributed by atoms with E-state index in [1.165, 1.54) is 27.1 Å². The summed E-state index contributed by atoms with van der Waals surface area (Å²) in [5.41, 5.74) is 0. The molecule has 0 saturated carbocycles. The van der Waals surface area contributed by atoms with E-state index in [2.05, 4.69) is 0 Å². The maximum atomic E-state index is 11.4. The van der Waals surface area contributed by atoms with E-state index in [0.717, 1.165) is 6.92 Å². The Morgan fingerprint density at radius 3 is 1.12 bits per heavy atom. The molecule has 9 nitrogen and oxygen atoms in total. The van der Waals surface area contributed by atoms with Gasteiger partial charge in [0, 0.05) is 57.3 Å². The van der Waals surface area contributed by atoms with Crippen LogP contribution < -0.4 is 0 Å². The Labute approximate surface area is 292 Å². The molecule has 0 aliphatic carbocycles. The van der Waals surface area contributed by atoms with Gasteiger partial charge in [-0.15, -0.1) is 0 Å². The average Bonchev–Trinajstić information content (AvgIpc) is 2.61. The monoisotopic (exact) mass is 1010 g/mol. The molecule has 0 aromatic carbocycles. The third kappa shape index (κ3) is 109. The van der Waals surface area contributed by atoms with Crippen molar-refractivity contribution in [2.45, 2.75) is 93.4 Å². The van der Waals surface area contributed by atoms with Crippen molar-refractivity contribution in [1.82, 2.24) is 0 Å². The summed E-state index contributed by atoms with van der Waals surface area (Å²) in [5.74, 6) is -2.70. The molecule has 0 aliphatic rings. The van der Waals surface area contributed by atoms with Gasteiger partial charge >= 0.3 is 59.0 Å². The van der Waals surface area contributed by atoms with Crippen molar-refractivity contribution in [2.24, 2.45) is 0 Å². The molecule has 0 spiro atoms. The van der Waals surface area contributed by atoms with Crippen molar-refractivity contribution in [3.8, 4) is 0 Å². The molecule has 0 heterocycles. The van der Waals surface area contributed by atoms with Gasteiger partial charge in [0.15, 0.2) is 11.9 Å². The SMILES string of the molecule is C.C.C.CC(=O)/C=C(\O)C(F)(F)F.CC(O)CC(O)C(F)(F)F.CC(O)O.C[C-]=O.O=[C-]C(F)(F)F.[Ag+].[Ag].[Ag].[O]=[Ag]. The van der Waals surface area contributed by atoms with Gasteiger partial charge in [0.1, 0.15) is 6.29 Å². The van der Waals surface area contributed by atoms with Gasteiger partial charge in [0.05, 0.1) is 6.10 Å². The fourth-order valence-corrected chi connectivity index (χ4v) is 0.731. The topological polar surface area (TPSA) is 169 Å². The van der Waals surface area contributed by atoms with Crippen LogP contribution in [0.15, 0.2) is 11.8 Å². The Kier molecular flexibility index (Phi) is 85.8. The molecule has 2 atom stereocenters. The van der Waals surface area contributed by atoms with Crippen LogP contribution >= 0.6 is 0 Å². The number of rotatable bonds is 3. The zero-order chi connectivity index (χ0) is 30.2. The molecule has 0 aromatic rings. The summed E-state index contributed by atoms with van der Waals surface area (Å²) >= 11 is 1.70. The van der Waals surface area contributed by atoms with Crippen LogP contribution in [-0.2, 0) is 106 Å². The van der Waals surface area contributed by atoms with Gasteiger partial charge in [0.25, 0.3) is 6.18 Å². The van der Waals surface area contributed by atoms with E-state index in [-0.39, 0.29) is 102 Å². The maximum absolute atomic E-state index is 11.4. The van der Waals surface area contributed by atoms with Crippen molar-refractivity contribution in [2.75, 3.05) is 0 Å². The van der Waals surface area contributed by atoms with E-state index in [1.54, 1.807) is 21.0 Å². The molecule has 0 fully saturated rings. The van der Waals surface area contributed by atoms with E-state index in [4.69, 9.17) is 38.4 Å². The van der Waals surface area contributed by atoms with Gasteiger partial charge in [0.2, 0.25) is 5.76 Å². The summed E-state index contributed by atoms with van der Waals surface area (Å²) in [6, 6.07) is 0. The second-order valence-corrected chi connectivity index (χ2v) is 5.22. The Bertz CT molecular complexity index is 575. The molecule has 2 unspecified atom stereocenters. The molecule has 2 radical (unpaired) electrons. The minimum absolute atomic E-state index is 0. The summed E-state index contributed by atoms with van der Waals surface area (Å²) in [7, 11) is 0. The van der Waals surface area contributed by atoms with E-state index in [1.807, 2.05) is 0 Å². The summed E-state index contributed by atoms with van der Waals surface area (Å²) in [6.07, 6.45) is -18.1. The van der Waals surface area contributed by atoms with Crippen LogP contribution in [0.4, 0.5) is 39.5 Å². The number of carbonyl (C=O) groups excluding carboxylic acids is 3. The van der Waals surface area contributed by atoms with E-state index >= 15 is 0 Å². The number of hydrogen-bond acceptors (Lipinski definition) is 9. The van der Waals surface area contributed by atoms with Crippen LogP contribution in [-0.4, -0.2) is 80.9 Å². The molecule has 273 valence electrons. The van der Waals surface area contributed by atoms with Gasteiger partial charge in [-0.05, 0) is 20.8 Å². The number of alkyl halides is 9. The first-order chi connectivity index (χ1) is 15.4. The summed E-state index contributed by atoms with van der Waals surface area (Å²) < 4.78 is 108. The molecule has 0 saturated heterocycles. The van der Waals surface area contributed by atoms with Crippen molar-refractivity contribution >= 4 is 18.4 Å². The number of hydrogen-bond donors (Lipinski definition) is 5. The van der Waals surface area contributed by atoms with Gasteiger partial charge in [-0.2, -0.15) is 39.6 Å². The third-order valence-electron chi connectivity index (χ3n) is 1.69. The average molecular weight is 1010 g/mol. The molecule has 0 bridgehead atoms. The molecular weight excluding hydrogens is 975 g/mol. The van der Waals surface area contributed by atoms with Gasteiger partial charge in [-0.1, -0.05) is 22.3 Å². The van der Waals surface area contributed by atoms with Crippen LogP contribution in [0.1, 0.15) is 56.4 Å². The molecule has 0 amide bonds. The predicted molar refractivity (Wildman–Crippen MR) is 114 cm³/mol. The first-order valence-corrected chi connectivity index (χ1v) is 8.64. The number of allylic oxidation sites excluding steroid dienone is 2. The predicted octanol–water partition coefficient (Wildman–Crippen LogP) is 4.13. The zero-order valence-corrected chi connectivity index (χ0v) is 24.9. The van der Waals surface area contributed by atoms with Crippen LogP contribution in [0.2, 0.25) is 0 Å². The molecule has 22 heteroatoms. The fraction of sp³-hybridized carbons (Fsp3) is 0.737. The van der Waals surface area contributed by atoms with Gasteiger partial charge in [-0.25, -0.2) is 13.2 Å². The normalized spacial score (nSPS) is 10.8. The molecular formula is C19H35Ag4F9O9-. The Morgan fingerprint density at radius 2 is 1.07 bits per heavy atom. The summed E-state index contributed by atoms with van der Waals surface area (Å²) in [5, 5.41) is 40.0. The third-order valence-corrected chi connectivity index (χ3v) is 1.69. The van der Waals surface area contributed by atoms with Crippen molar-refractivity contribution in [3.63, 3.8) is 0 Å². The van der Waals surface area contributed by atoms with E-state index < -0.39 is 55.0 Å². The zero-order valence-electron chi connectivity index (χ0n) is 19.0. The minimum atomic E-state index is -4.81.